The molecular weight excluding hydrogens is 903 g/mol. The zero-order valence-corrected chi connectivity index (χ0v) is 41.2. The minimum atomic E-state index is -0.588. The number of anilines is 3. The van der Waals surface area contributed by atoms with E-state index in [0.29, 0.717) is 0 Å². The fourth-order valence-electron chi connectivity index (χ4n) is 13.7. The Morgan fingerprint density at radius 3 is 1.04 bits per heavy atom. The predicted octanol–water partition coefficient (Wildman–Crippen LogP) is 18.9. The molecule has 0 N–H and O–H groups in total. The molecule has 0 radical (unpaired) electrons. The largest absolute Gasteiger partial charge is 0.310 e. The van der Waals surface area contributed by atoms with E-state index in [-0.39, 0.29) is 0 Å². The summed E-state index contributed by atoms with van der Waals surface area (Å²) in [4.78, 5) is 2.57. The lowest BCUT2D eigenvalue weighted by Crippen LogP contribution is -2.28. The quantitative estimate of drug-likeness (QED) is 0.147. The van der Waals surface area contributed by atoms with Gasteiger partial charge in [-0.15, -0.1) is 0 Å². The monoisotopic (exact) mass is 951 g/mol. The molecule has 0 atom stereocenters. The Kier molecular flexibility index (Phi) is 9.77. The Hall–Kier alpha value is -9.56. The van der Waals surface area contributed by atoms with Crippen LogP contribution in [0.5, 0.6) is 0 Å². The van der Waals surface area contributed by atoms with Crippen molar-refractivity contribution in [3.8, 4) is 66.8 Å². The van der Waals surface area contributed by atoms with Gasteiger partial charge >= 0.3 is 0 Å². The molecule has 1 nitrogen and oxygen atoms in total. The van der Waals surface area contributed by atoms with E-state index in [4.69, 9.17) is 0 Å². The van der Waals surface area contributed by atoms with E-state index < -0.39 is 10.8 Å². The van der Waals surface area contributed by atoms with Crippen LogP contribution in [-0.2, 0) is 10.8 Å². The van der Waals surface area contributed by atoms with Gasteiger partial charge in [0.2, 0.25) is 0 Å². The number of hydrogen-bond donors (Lipinski definition) is 0. The van der Waals surface area contributed by atoms with Crippen molar-refractivity contribution in [1.82, 2.24) is 0 Å². The minimum Gasteiger partial charge on any atom is -0.310 e. The van der Waals surface area contributed by atoms with Gasteiger partial charge in [-0.3, -0.25) is 0 Å². The molecule has 0 aliphatic heterocycles. The number of fused-ring (bicyclic) bond motifs is 13. The van der Waals surface area contributed by atoms with Crippen LogP contribution in [0.4, 0.5) is 17.1 Å². The molecule has 3 aliphatic rings. The molecule has 0 saturated carbocycles. The second kappa shape index (κ2) is 17.0. The Morgan fingerprint density at radius 1 is 0.213 bits per heavy atom. The van der Waals surface area contributed by atoms with Crippen molar-refractivity contribution < 1.29 is 0 Å². The molecule has 0 aromatic heterocycles. The van der Waals surface area contributed by atoms with Crippen LogP contribution in [0.25, 0.3) is 66.8 Å². The van der Waals surface area contributed by atoms with Gasteiger partial charge in [0, 0.05) is 16.9 Å². The summed E-state index contributed by atoms with van der Waals surface area (Å²) in [6, 6.07) is 111. The first-order valence-electron chi connectivity index (χ1n) is 26.2. The highest BCUT2D eigenvalue weighted by atomic mass is 15.1. The van der Waals surface area contributed by atoms with Crippen LogP contribution in [0.3, 0.4) is 0 Å². The lowest BCUT2D eigenvalue weighted by Gasteiger charge is -2.36. The summed E-state index contributed by atoms with van der Waals surface area (Å²) < 4.78 is 0. The van der Waals surface area contributed by atoms with E-state index in [0.717, 1.165) is 28.2 Å². The summed E-state index contributed by atoms with van der Waals surface area (Å²) in [6.07, 6.45) is 0. The summed E-state index contributed by atoms with van der Waals surface area (Å²) in [7, 11) is 0. The molecule has 0 bridgehead atoms. The molecule has 0 saturated heterocycles. The van der Waals surface area contributed by atoms with Gasteiger partial charge in [0.1, 0.15) is 0 Å². The zero-order chi connectivity index (χ0) is 49.5. The molecule has 0 amide bonds. The molecule has 1 spiro atoms. The molecule has 12 aromatic rings. The molecular formula is C74H49N. The SMILES string of the molecule is c1ccc(-c2ccccc2-c2cccc(N(c3ccc4c(c3)C(c3ccccc3)(c3ccccc3)c3ccccc3-4)c3ccc4c(c3)C3(c5ccccc5-c5ccccc53)c3ccccc3-4)c2-c2ccccc2)cc1. The highest BCUT2D eigenvalue weighted by molar-refractivity contribution is 6.02. The maximum atomic E-state index is 2.57. The first kappa shape index (κ1) is 43.1. The third-order valence-corrected chi connectivity index (χ3v) is 16.6. The van der Waals surface area contributed by atoms with Gasteiger partial charge in [-0.2, -0.15) is 0 Å². The van der Waals surface area contributed by atoms with Crippen LogP contribution < -0.4 is 4.90 Å². The Bertz CT molecular complexity index is 3970. The van der Waals surface area contributed by atoms with Gasteiger partial charge in [0.25, 0.3) is 0 Å². The second-order valence-corrected chi connectivity index (χ2v) is 20.2. The van der Waals surface area contributed by atoms with Gasteiger partial charge in [-0.1, -0.05) is 267 Å². The molecule has 1 heteroatoms. The number of rotatable bonds is 8. The van der Waals surface area contributed by atoms with E-state index >= 15 is 0 Å². The smallest absolute Gasteiger partial charge is 0.0726 e. The molecule has 0 fully saturated rings. The maximum absolute atomic E-state index is 2.57. The van der Waals surface area contributed by atoms with Gasteiger partial charge in [-0.05, 0) is 136 Å². The van der Waals surface area contributed by atoms with Gasteiger partial charge in [0.15, 0.2) is 0 Å². The van der Waals surface area contributed by atoms with Crippen LogP contribution in [0.15, 0.2) is 297 Å². The topological polar surface area (TPSA) is 3.24 Å². The van der Waals surface area contributed by atoms with Crippen LogP contribution in [-0.4, -0.2) is 0 Å². The molecule has 12 aromatic carbocycles. The van der Waals surface area contributed by atoms with Crippen LogP contribution >= 0.6 is 0 Å². The molecule has 350 valence electrons. The van der Waals surface area contributed by atoms with Crippen molar-refractivity contribution in [3.05, 3.63) is 342 Å². The number of benzene rings is 12. The first-order chi connectivity index (χ1) is 37.2. The normalized spacial score (nSPS) is 13.5. The minimum absolute atomic E-state index is 0.519. The summed E-state index contributed by atoms with van der Waals surface area (Å²) in [6.45, 7) is 0. The van der Waals surface area contributed by atoms with Gasteiger partial charge in [-0.25, -0.2) is 0 Å². The zero-order valence-electron chi connectivity index (χ0n) is 41.2. The summed E-state index contributed by atoms with van der Waals surface area (Å²) in [5, 5.41) is 0. The molecule has 15 rings (SSSR count). The highest BCUT2D eigenvalue weighted by Crippen LogP contribution is 2.64. The Morgan fingerprint density at radius 2 is 0.560 bits per heavy atom. The average molecular weight is 952 g/mol. The van der Waals surface area contributed by atoms with Crippen molar-refractivity contribution >= 4 is 17.1 Å². The van der Waals surface area contributed by atoms with Crippen LogP contribution in [0.2, 0.25) is 0 Å². The summed E-state index contributed by atoms with van der Waals surface area (Å²) >= 11 is 0. The van der Waals surface area contributed by atoms with Crippen molar-refractivity contribution in [2.45, 2.75) is 10.8 Å². The van der Waals surface area contributed by atoms with Gasteiger partial charge in [0.05, 0.1) is 16.5 Å². The summed E-state index contributed by atoms with van der Waals surface area (Å²) in [5.41, 5.74) is 27.2. The van der Waals surface area contributed by atoms with E-state index in [9.17, 15) is 0 Å². The fourth-order valence-corrected chi connectivity index (χ4v) is 13.7. The molecule has 0 heterocycles. The fraction of sp³-hybridized carbons (Fsp3) is 0.0270. The Labute approximate surface area is 439 Å². The average Bonchev–Trinajstić information content (AvgIpc) is 4.25. The predicted molar refractivity (Wildman–Crippen MR) is 311 cm³/mol. The first-order valence-corrected chi connectivity index (χ1v) is 26.2. The van der Waals surface area contributed by atoms with Gasteiger partial charge < -0.3 is 4.90 Å². The third kappa shape index (κ3) is 6.19. The number of hydrogen-bond acceptors (Lipinski definition) is 1. The van der Waals surface area contributed by atoms with Crippen molar-refractivity contribution in [1.29, 1.82) is 0 Å². The van der Waals surface area contributed by atoms with E-state index in [1.165, 1.54) is 100 Å². The van der Waals surface area contributed by atoms with E-state index in [1.807, 2.05) is 0 Å². The summed E-state index contributed by atoms with van der Waals surface area (Å²) in [5.74, 6) is 0. The lowest BCUT2D eigenvalue weighted by atomic mass is 9.67. The van der Waals surface area contributed by atoms with E-state index in [1.54, 1.807) is 0 Å². The number of nitrogens with zero attached hydrogens (tertiary/aromatic N) is 1. The maximum Gasteiger partial charge on any atom is 0.0726 e. The standard InChI is InChI=1S/C74H49N/c1-5-24-50(25-6-1)56-32-13-14-33-57(56)64-38-23-43-71(72(64)51-26-7-2-8-27-51)75(54-44-46-62-60-36-15-19-39-65(60)73(69(62)48-54,52-28-9-3-10-29-52)53-30-11-4-12-31-53)55-45-47-63-61-37-18-22-42-68(61)74(70(63)49-55)66-40-20-16-34-58(66)59-35-17-21-41-67(59)74/h1-49H. The van der Waals surface area contributed by atoms with Crippen LogP contribution in [0.1, 0.15) is 44.5 Å². The highest BCUT2D eigenvalue weighted by Gasteiger charge is 2.52. The van der Waals surface area contributed by atoms with Crippen molar-refractivity contribution in [3.63, 3.8) is 0 Å². The Balaban J connectivity index is 1.05. The molecule has 75 heavy (non-hydrogen) atoms. The second-order valence-electron chi connectivity index (χ2n) is 20.2. The van der Waals surface area contributed by atoms with E-state index in [2.05, 4.69) is 302 Å². The van der Waals surface area contributed by atoms with Crippen molar-refractivity contribution in [2.75, 3.05) is 4.90 Å². The molecule has 0 unspecified atom stereocenters. The lowest BCUT2D eigenvalue weighted by molar-refractivity contribution is 0.768. The molecule has 3 aliphatic carbocycles. The third-order valence-electron chi connectivity index (χ3n) is 16.6. The van der Waals surface area contributed by atoms with Crippen molar-refractivity contribution in [2.24, 2.45) is 0 Å². The van der Waals surface area contributed by atoms with Crippen LogP contribution in [0, 0.1) is 0 Å².